The lowest BCUT2D eigenvalue weighted by molar-refractivity contribution is -0.139. The van der Waals surface area contributed by atoms with Crippen LogP contribution in [-0.2, 0) is 9.53 Å². The Morgan fingerprint density at radius 3 is 2.71 bits per heavy atom. The van der Waals surface area contributed by atoms with E-state index in [2.05, 4.69) is 0 Å². The van der Waals surface area contributed by atoms with Crippen molar-refractivity contribution in [3.8, 4) is 6.07 Å². The predicted octanol–water partition coefficient (Wildman–Crippen LogP) is 3.28. The fourth-order valence-electron chi connectivity index (χ4n) is 2.25. The van der Waals surface area contributed by atoms with Crippen LogP contribution in [0.25, 0.3) is 0 Å². The van der Waals surface area contributed by atoms with Crippen molar-refractivity contribution in [2.75, 3.05) is 6.61 Å². The summed E-state index contributed by atoms with van der Waals surface area (Å²) in [5.41, 5.74) is 2.10. The third-order valence-corrected chi connectivity index (χ3v) is 3.39. The Hall–Kier alpha value is -1.60. The number of rotatable bonds is 6. The molecule has 1 atom stereocenters. The number of hydrogen-bond donors (Lipinski definition) is 1. The third-order valence-electron chi connectivity index (χ3n) is 3.39. The highest BCUT2D eigenvalue weighted by Gasteiger charge is 2.19. The minimum atomic E-state index is -0.519. The van der Waals surface area contributed by atoms with E-state index in [0.717, 1.165) is 31.3 Å². The highest BCUT2D eigenvalue weighted by atomic mass is 16.5. The summed E-state index contributed by atoms with van der Waals surface area (Å²) in [5.74, 6) is -0.267. The lowest BCUT2D eigenvalue weighted by Crippen LogP contribution is -2.14. The Morgan fingerprint density at radius 1 is 1.43 bits per heavy atom. The number of nitrogens with zero attached hydrogens (tertiary/aromatic N) is 1. The number of hydrogen-bond acceptors (Lipinski definition) is 4. The van der Waals surface area contributed by atoms with Gasteiger partial charge in [-0.25, -0.2) is 4.79 Å². The van der Waals surface area contributed by atoms with Crippen molar-refractivity contribution < 1.29 is 14.6 Å². The average Bonchev–Trinajstić information content (AvgIpc) is 2.44. The zero-order valence-electron chi connectivity index (χ0n) is 13.2. The van der Waals surface area contributed by atoms with Gasteiger partial charge < -0.3 is 9.84 Å². The lowest BCUT2D eigenvalue weighted by atomic mass is 9.89. The number of nitriles is 1. The molecule has 0 aliphatic heterocycles. The van der Waals surface area contributed by atoms with Gasteiger partial charge in [0.05, 0.1) is 12.7 Å². The molecule has 1 aliphatic rings. The van der Waals surface area contributed by atoms with E-state index in [4.69, 9.17) is 4.74 Å². The van der Waals surface area contributed by atoms with E-state index in [-0.39, 0.29) is 17.6 Å². The van der Waals surface area contributed by atoms with Crippen molar-refractivity contribution >= 4 is 5.97 Å². The van der Waals surface area contributed by atoms with Gasteiger partial charge in [0.15, 0.2) is 0 Å². The van der Waals surface area contributed by atoms with Crippen LogP contribution in [0.4, 0.5) is 0 Å². The summed E-state index contributed by atoms with van der Waals surface area (Å²) in [6.45, 7) is 6.02. The van der Waals surface area contributed by atoms with E-state index >= 15 is 0 Å². The highest BCUT2D eigenvalue weighted by Crippen LogP contribution is 2.28. The summed E-state index contributed by atoms with van der Waals surface area (Å²) >= 11 is 0. The second kappa shape index (κ2) is 8.63. The van der Waals surface area contributed by atoms with Gasteiger partial charge >= 0.3 is 5.97 Å². The zero-order valence-corrected chi connectivity index (χ0v) is 13.2. The van der Waals surface area contributed by atoms with Crippen LogP contribution in [0.1, 0.15) is 52.9 Å². The minimum Gasteiger partial charge on any atom is -0.461 e. The molecule has 0 aromatic carbocycles. The largest absolute Gasteiger partial charge is 0.461 e. The molecule has 1 N–H and O–H groups in total. The fraction of sp³-hybridized carbons (Fsp3) is 0.647. The Morgan fingerprint density at radius 2 is 2.14 bits per heavy atom. The first-order valence-electron chi connectivity index (χ1n) is 7.62. The topological polar surface area (TPSA) is 70.3 Å². The fourth-order valence-corrected chi connectivity index (χ4v) is 2.25. The first-order chi connectivity index (χ1) is 9.93. The summed E-state index contributed by atoms with van der Waals surface area (Å²) in [6.07, 6.45) is 5.77. The molecule has 1 rings (SSSR count). The third kappa shape index (κ3) is 6.14. The van der Waals surface area contributed by atoms with Crippen LogP contribution in [-0.4, -0.2) is 23.8 Å². The second-order valence-electron chi connectivity index (χ2n) is 6.05. The maximum absolute atomic E-state index is 12.0. The average molecular weight is 291 g/mol. The maximum Gasteiger partial charge on any atom is 0.349 e. The number of aliphatic hydroxyl groups excluding tert-OH is 1. The van der Waals surface area contributed by atoms with Gasteiger partial charge in [-0.1, -0.05) is 25.5 Å². The van der Waals surface area contributed by atoms with E-state index in [1.165, 1.54) is 5.57 Å². The molecule has 1 aliphatic carbocycles. The quantitative estimate of drug-likeness (QED) is 0.463. The van der Waals surface area contributed by atoms with Crippen molar-refractivity contribution in [1.29, 1.82) is 5.26 Å². The molecule has 0 bridgehead atoms. The summed E-state index contributed by atoms with van der Waals surface area (Å²) in [7, 11) is 0. The molecule has 21 heavy (non-hydrogen) atoms. The molecule has 0 fully saturated rings. The minimum absolute atomic E-state index is 0.130. The van der Waals surface area contributed by atoms with Crippen LogP contribution in [0, 0.1) is 17.2 Å². The maximum atomic E-state index is 12.0. The van der Waals surface area contributed by atoms with Crippen LogP contribution in [0.5, 0.6) is 0 Å². The van der Waals surface area contributed by atoms with Gasteiger partial charge in [-0.2, -0.15) is 5.26 Å². The van der Waals surface area contributed by atoms with Crippen molar-refractivity contribution in [1.82, 2.24) is 0 Å². The number of carbonyl (C=O) groups excluding carboxylic acids is 1. The lowest BCUT2D eigenvalue weighted by Gasteiger charge is -2.17. The van der Waals surface area contributed by atoms with E-state index in [9.17, 15) is 15.2 Å². The first-order valence-corrected chi connectivity index (χ1v) is 7.62. The number of allylic oxidation sites excluding steroid dienone is 3. The summed E-state index contributed by atoms with van der Waals surface area (Å²) in [5, 5.41) is 18.6. The standard InChI is InChI=1S/C17H25NO3/c1-12(2)11-21-17(20)16(10-18)15-6-4-5-14(9-15)8-7-13(3)19/h9,12-13,19H,4-8,11H2,1-3H3/b16-15-. The number of esters is 1. The molecule has 0 spiro atoms. The summed E-state index contributed by atoms with van der Waals surface area (Å²) < 4.78 is 5.15. The van der Waals surface area contributed by atoms with Gasteiger partial charge in [-0.15, -0.1) is 0 Å². The smallest absolute Gasteiger partial charge is 0.349 e. The molecule has 116 valence electrons. The van der Waals surface area contributed by atoms with Crippen LogP contribution in [0.15, 0.2) is 22.8 Å². The van der Waals surface area contributed by atoms with E-state index in [1.54, 1.807) is 6.92 Å². The van der Waals surface area contributed by atoms with Crippen LogP contribution >= 0.6 is 0 Å². The monoisotopic (exact) mass is 291 g/mol. The first kappa shape index (κ1) is 17.5. The Labute approximate surface area is 127 Å². The van der Waals surface area contributed by atoms with Crippen molar-refractivity contribution in [2.24, 2.45) is 5.92 Å². The van der Waals surface area contributed by atoms with Crippen molar-refractivity contribution in [3.63, 3.8) is 0 Å². The van der Waals surface area contributed by atoms with E-state index in [0.29, 0.717) is 13.0 Å². The molecule has 0 radical (unpaired) electrons. The van der Waals surface area contributed by atoms with Crippen molar-refractivity contribution in [3.05, 3.63) is 22.8 Å². The number of aliphatic hydroxyl groups is 1. The van der Waals surface area contributed by atoms with Crippen LogP contribution in [0.2, 0.25) is 0 Å². The molecule has 0 aromatic rings. The van der Waals surface area contributed by atoms with E-state index < -0.39 is 5.97 Å². The Kier molecular flexibility index (Phi) is 7.18. The zero-order chi connectivity index (χ0) is 15.8. The van der Waals surface area contributed by atoms with E-state index in [1.807, 2.05) is 26.0 Å². The molecule has 0 saturated heterocycles. The molecular formula is C17H25NO3. The summed E-state index contributed by atoms with van der Waals surface area (Å²) in [4.78, 5) is 12.0. The molecule has 0 aromatic heterocycles. The van der Waals surface area contributed by atoms with Gasteiger partial charge in [0.25, 0.3) is 0 Å². The predicted molar refractivity (Wildman–Crippen MR) is 81.3 cm³/mol. The molecular weight excluding hydrogens is 266 g/mol. The molecule has 0 saturated carbocycles. The van der Waals surface area contributed by atoms with Gasteiger partial charge in [-0.05, 0) is 50.5 Å². The number of carbonyl (C=O) groups is 1. The summed E-state index contributed by atoms with van der Waals surface area (Å²) in [6, 6.07) is 1.99. The van der Waals surface area contributed by atoms with Gasteiger partial charge in [0, 0.05) is 0 Å². The second-order valence-corrected chi connectivity index (χ2v) is 6.05. The normalized spacial score (nSPS) is 18.8. The molecule has 0 heterocycles. The molecule has 0 amide bonds. The molecule has 4 heteroatoms. The number of ether oxygens (including phenoxy) is 1. The van der Waals surface area contributed by atoms with Crippen molar-refractivity contribution in [2.45, 2.75) is 59.0 Å². The molecule has 1 unspecified atom stereocenters. The molecule has 4 nitrogen and oxygen atoms in total. The van der Waals surface area contributed by atoms with Crippen LogP contribution < -0.4 is 0 Å². The van der Waals surface area contributed by atoms with Gasteiger partial charge in [0.2, 0.25) is 0 Å². The van der Waals surface area contributed by atoms with Gasteiger partial charge in [-0.3, -0.25) is 0 Å². The SMILES string of the molecule is CC(C)COC(=O)/C(C#N)=C1\C=C(CCC(C)O)CCC1. The van der Waals surface area contributed by atoms with Crippen LogP contribution in [0.3, 0.4) is 0 Å². The Balaban J connectivity index is 2.83. The highest BCUT2D eigenvalue weighted by molar-refractivity contribution is 5.94. The van der Waals surface area contributed by atoms with Gasteiger partial charge in [0.1, 0.15) is 11.6 Å². The Bertz CT molecular complexity index is 467.